The van der Waals surface area contributed by atoms with Gasteiger partial charge < -0.3 is 4.42 Å². The van der Waals surface area contributed by atoms with Gasteiger partial charge in [-0.2, -0.15) is 0 Å². The smallest absolute Gasteiger partial charge is 0.164 e. The molecule has 62 heavy (non-hydrogen) atoms. The zero-order chi connectivity index (χ0) is 40.7. The van der Waals surface area contributed by atoms with Crippen LogP contribution in [-0.2, 0) is 0 Å². The number of furan rings is 1. The Morgan fingerprint density at radius 3 is 1.61 bits per heavy atom. The predicted molar refractivity (Wildman–Crippen MR) is 260 cm³/mol. The number of benzene rings is 10. The molecule has 13 rings (SSSR count). The van der Waals surface area contributed by atoms with E-state index in [0.29, 0.717) is 17.5 Å². The van der Waals surface area contributed by atoms with Gasteiger partial charge in [0, 0.05) is 47.6 Å². The van der Waals surface area contributed by atoms with Crippen LogP contribution in [0.5, 0.6) is 0 Å². The first kappa shape index (κ1) is 34.8. The molecule has 0 bridgehead atoms. The van der Waals surface area contributed by atoms with E-state index in [9.17, 15) is 0 Å². The maximum Gasteiger partial charge on any atom is 0.164 e. The second kappa shape index (κ2) is 13.8. The van der Waals surface area contributed by atoms with Gasteiger partial charge in [0.25, 0.3) is 0 Å². The summed E-state index contributed by atoms with van der Waals surface area (Å²) in [6.07, 6.45) is 0. The lowest BCUT2D eigenvalue weighted by molar-refractivity contribution is 0.669. The molecule has 4 nitrogen and oxygen atoms in total. The van der Waals surface area contributed by atoms with Gasteiger partial charge in [-0.25, -0.2) is 15.0 Å². The van der Waals surface area contributed by atoms with E-state index in [2.05, 4.69) is 170 Å². The zero-order valence-corrected chi connectivity index (χ0v) is 34.0. The van der Waals surface area contributed by atoms with Crippen molar-refractivity contribution in [3.63, 3.8) is 0 Å². The molecule has 0 unspecified atom stereocenters. The molecule has 0 atom stereocenters. The number of aromatic nitrogens is 3. The van der Waals surface area contributed by atoms with Crippen molar-refractivity contribution in [2.75, 3.05) is 0 Å². The van der Waals surface area contributed by atoms with Gasteiger partial charge in [0.15, 0.2) is 17.5 Å². The third-order valence-electron chi connectivity index (χ3n) is 12.3. The molecule has 0 aliphatic rings. The fourth-order valence-corrected chi connectivity index (χ4v) is 10.7. The highest BCUT2D eigenvalue weighted by atomic mass is 32.1. The van der Waals surface area contributed by atoms with Crippen LogP contribution in [0.15, 0.2) is 205 Å². The highest BCUT2D eigenvalue weighted by molar-refractivity contribution is 7.26. The van der Waals surface area contributed by atoms with Crippen LogP contribution in [0.4, 0.5) is 0 Å². The zero-order valence-electron chi connectivity index (χ0n) is 33.2. The van der Waals surface area contributed by atoms with Crippen molar-refractivity contribution >= 4 is 85.8 Å². The Bertz CT molecular complexity index is 3890. The number of fused-ring (bicyclic) bond motifs is 12. The van der Waals surface area contributed by atoms with Crippen molar-refractivity contribution in [2.45, 2.75) is 0 Å². The molecule has 0 radical (unpaired) electrons. The highest BCUT2D eigenvalue weighted by Crippen LogP contribution is 2.46. The second-order valence-electron chi connectivity index (χ2n) is 15.8. The lowest BCUT2D eigenvalue weighted by atomic mass is 9.93. The van der Waals surface area contributed by atoms with E-state index in [0.717, 1.165) is 44.2 Å². The second-order valence-corrected chi connectivity index (χ2v) is 16.9. The molecule has 0 spiro atoms. The van der Waals surface area contributed by atoms with Crippen LogP contribution < -0.4 is 0 Å². The number of thiophene rings is 1. The van der Waals surface area contributed by atoms with Crippen molar-refractivity contribution in [3.8, 4) is 56.4 Å². The van der Waals surface area contributed by atoms with E-state index in [1.165, 1.54) is 69.2 Å². The largest absolute Gasteiger partial charge is 0.456 e. The van der Waals surface area contributed by atoms with E-state index >= 15 is 0 Å². The molecule has 0 aliphatic heterocycles. The normalized spacial score (nSPS) is 11.9. The first-order valence-electron chi connectivity index (χ1n) is 20.8. The Morgan fingerprint density at radius 2 is 0.871 bits per heavy atom. The van der Waals surface area contributed by atoms with Crippen LogP contribution in [0.1, 0.15) is 0 Å². The predicted octanol–water partition coefficient (Wildman–Crippen LogP) is 15.9. The SMILES string of the molecule is c1ccc(-c2nc(-c3ccc4c5ccccc5c5ccccc5c4c3)nc(-c3cccc4oc5ccc(-c6ccc(-c7ccccc7)c7sc8ccccc8c67)cc5c34)n2)cc1. The molecule has 0 saturated heterocycles. The summed E-state index contributed by atoms with van der Waals surface area (Å²) in [4.78, 5) is 15.7. The molecular weight excluding hydrogens is 775 g/mol. The van der Waals surface area contributed by atoms with E-state index in [1.54, 1.807) is 0 Å². The minimum Gasteiger partial charge on any atom is -0.456 e. The minimum absolute atomic E-state index is 0.592. The first-order valence-corrected chi connectivity index (χ1v) is 21.7. The molecule has 0 aliphatic carbocycles. The molecule has 0 saturated carbocycles. The molecule has 288 valence electrons. The van der Waals surface area contributed by atoms with Gasteiger partial charge in [-0.1, -0.05) is 170 Å². The van der Waals surface area contributed by atoms with Crippen LogP contribution in [0, 0.1) is 0 Å². The van der Waals surface area contributed by atoms with Crippen molar-refractivity contribution < 1.29 is 4.42 Å². The summed E-state index contributed by atoms with van der Waals surface area (Å²) in [5.41, 5.74) is 9.12. The third kappa shape index (κ3) is 5.42. The van der Waals surface area contributed by atoms with Gasteiger partial charge in [0.1, 0.15) is 11.2 Å². The molecular formula is C57H33N3OS. The van der Waals surface area contributed by atoms with E-state index in [-0.39, 0.29) is 0 Å². The van der Waals surface area contributed by atoms with Gasteiger partial charge in [-0.05, 0) is 84.9 Å². The third-order valence-corrected chi connectivity index (χ3v) is 13.5. The van der Waals surface area contributed by atoms with Gasteiger partial charge in [0.05, 0.1) is 0 Å². The summed E-state index contributed by atoms with van der Waals surface area (Å²) in [5.74, 6) is 1.82. The van der Waals surface area contributed by atoms with Crippen LogP contribution in [0.3, 0.4) is 0 Å². The van der Waals surface area contributed by atoms with Crippen molar-refractivity contribution in [3.05, 3.63) is 200 Å². The van der Waals surface area contributed by atoms with Crippen molar-refractivity contribution in [2.24, 2.45) is 0 Å². The minimum atomic E-state index is 0.592. The molecule has 0 N–H and O–H groups in total. The quantitative estimate of drug-likeness (QED) is 0.163. The maximum atomic E-state index is 6.61. The summed E-state index contributed by atoms with van der Waals surface area (Å²) >= 11 is 1.86. The summed E-state index contributed by atoms with van der Waals surface area (Å²) in [7, 11) is 0. The van der Waals surface area contributed by atoms with E-state index in [1.807, 2.05) is 41.7 Å². The topological polar surface area (TPSA) is 51.8 Å². The summed E-state index contributed by atoms with van der Waals surface area (Å²) < 4.78 is 9.17. The Morgan fingerprint density at radius 1 is 0.306 bits per heavy atom. The number of nitrogens with zero attached hydrogens (tertiary/aromatic N) is 3. The highest BCUT2D eigenvalue weighted by Gasteiger charge is 2.21. The van der Waals surface area contributed by atoms with Gasteiger partial charge in [0.2, 0.25) is 0 Å². The molecule has 3 heterocycles. The monoisotopic (exact) mass is 807 g/mol. The van der Waals surface area contributed by atoms with E-state index < -0.39 is 0 Å². The van der Waals surface area contributed by atoms with Crippen molar-refractivity contribution in [1.82, 2.24) is 15.0 Å². The van der Waals surface area contributed by atoms with Gasteiger partial charge >= 0.3 is 0 Å². The summed E-state index contributed by atoms with van der Waals surface area (Å²) in [5, 5.41) is 11.8. The van der Waals surface area contributed by atoms with Crippen LogP contribution in [0.2, 0.25) is 0 Å². The molecule has 10 aromatic carbocycles. The van der Waals surface area contributed by atoms with Gasteiger partial charge in [-0.15, -0.1) is 11.3 Å². The van der Waals surface area contributed by atoms with Crippen LogP contribution >= 0.6 is 11.3 Å². The first-order chi connectivity index (χ1) is 30.7. The summed E-state index contributed by atoms with van der Waals surface area (Å²) in [6, 6.07) is 70.9. The molecule has 3 aromatic heterocycles. The van der Waals surface area contributed by atoms with Crippen molar-refractivity contribution in [1.29, 1.82) is 0 Å². The fourth-order valence-electron chi connectivity index (χ4n) is 9.48. The Balaban J connectivity index is 1.03. The maximum absolute atomic E-state index is 6.61. The fraction of sp³-hybridized carbons (Fsp3) is 0. The Labute approximate surface area is 360 Å². The van der Waals surface area contributed by atoms with Crippen LogP contribution in [-0.4, -0.2) is 15.0 Å². The lowest BCUT2D eigenvalue weighted by Gasteiger charge is -2.13. The van der Waals surface area contributed by atoms with E-state index in [4.69, 9.17) is 19.4 Å². The van der Waals surface area contributed by atoms with Gasteiger partial charge in [-0.3, -0.25) is 0 Å². The summed E-state index contributed by atoms with van der Waals surface area (Å²) in [6.45, 7) is 0. The molecule has 0 amide bonds. The average molecular weight is 808 g/mol. The number of hydrogen-bond acceptors (Lipinski definition) is 5. The Hall–Kier alpha value is -7.99. The standard InChI is InChI=1S/C57H33N3OS/c1-3-14-34(15-4-1)39-30-29-38(53-45-22-11-12-25-51(45)62-54(39)53)36-27-31-49-48(32-36)52-46(23-13-24-50(52)61-49)57-59-55(35-16-5-2-6-17-35)58-56(60-57)37-26-28-44-42-20-8-7-18-40(42)41-19-9-10-21-43(41)47(44)33-37/h1-33H. The van der Waals surface area contributed by atoms with Crippen LogP contribution in [0.25, 0.3) is 131 Å². The number of rotatable bonds is 5. The Kier molecular flexibility index (Phi) is 7.74. The molecule has 0 fully saturated rings. The average Bonchev–Trinajstić information content (AvgIpc) is 3.93. The lowest BCUT2D eigenvalue weighted by Crippen LogP contribution is -2.00. The number of hydrogen-bond donors (Lipinski definition) is 0. The molecule has 13 aromatic rings. The molecule has 5 heteroatoms.